The van der Waals surface area contributed by atoms with Gasteiger partial charge in [-0.25, -0.2) is 4.98 Å². The second-order valence-electron chi connectivity index (χ2n) is 9.67. The van der Waals surface area contributed by atoms with E-state index in [2.05, 4.69) is 77.4 Å². The molecule has 0 radical (unpaired) electrons. The van der Waals surface area contributed by atoms with Gasteiger partial charge in [0.15, 0.2) is 0 Å². The van der Waals surface area contributed by atoms with Gasteiger partial charge in [0, 0.05) is 45.5 Å². The van der Waals surface area contributed by atoms with Crippen LogP contribution in [-0.2, 0) is 17.9 Å². The quantitative estimate of drug-likeness (QED) is 0.609. The van der Waals surface area contributed by atoms with Crippen LogP contribution < -0.4 is 0 Å². The molecule has 174 valence electrons. The van der Waals surface area contributed by atoms with Crippen LogP contribution in [0.25, 0.3) is 0 Å². The van der Waals surface area contributed by atoms with Gasteiger partial charge in [-0.05, 0) is 30.7 Å². The van der Waals surface area contributed by atoms with Crippen molar-refractivity contribution >= 4 is 5.91 Å². The Morgan fingerprint density at radius 3 is 2.34 bits per heavy atom. The molecule has 1 aromatic carbocycles. The molecule has 0 bridgehead atoms. The van der Waals surface area contributed by atoms with Crippen LogP contribution in [0.4, 0.5) is 0 Å². The molecular weight excluding hydrogens is 396 g/mol. The molecule has 0 spiro atoms. The summed E-state index contributed by atoms with van der Waals surface area (Å²) in [4.78, 5) is 22.0. The van der Waals surface area contributed by atoms with Gasteiger partial charge in [-0.15, -0.1) is 0 Å². The van der Waals surface area contributed by atoms with E-state index < -0.39 is 0 Å². The first kappa shape index (κ1) is 24.2. The molecule has 2 atom stereocenters. The van der Waals surface area contributed by atoms with E-state index in [1.165, 1.54) is 16.8 Å². The van der Waals surface area contributed by atoms with Crippen LogP contribution in [0, 0.1) is 17.3 Å². The van der Waals surface area contributed by atoms with Crippen molar-refractivity contribution in [2.24, 2.45) is 17.3 Å². The summed E-state index contributed by atoms with van der Waals surface area (Å²) in [5.74, 6) is 0.878. The third kappa shape index (κ3) is 5.50. The highest BCUT2D eigenvalue weighted by Gasteiger charge is 2.61. The third-order valence-electron chi connectivity index (χ3n) is 6.75. The van der Waals surface area contributed by atoms with E-state index in [9.17, 15) is 4.79 Å². The molecule has 1 aliphatic heterocycles. The minimum atomic E-state index is 0.0927. The smallest absolute Gasteiger partial charge is 0.226 e. The molecule has 1 saturated heterocycles. The second-order valence-corrected chi connectivity index (χ2v) is 9.67. The van der Waals surface area contributed by atoms with Crippen LogP contribution in [0.3, 0.4) is 0 Å². The van der Waals surface area contributed by atoms with Gasteiger partial charge in [0.25, 0.3) is 0 Å². The summed E-state index contributed by atoms with van der Waals surface area (Å²) < 4.78 is 2.23. The van der Waals surface area contributed by atoms with Crippen molar-refractivity contribution in [1.82, 2.24) is 19.4 Å². The Morgan fingerprint density at radius 1 is 1.06 bits per heavy atom. The monoisotopic (exact) mass is 436 g/mol. The van der Waals surface area contributed by atoms with Crippen LogP contribution in [0.1, 0.15) is 52.8 Å². The Bertz CT molecular complexity index is 903. The maximum absolute atomic E-state index is 13.1. The number of nitrogens with zero attached hydrogens (tertiary/aromatic N) is 4. The number of carbonyl (C=O) groups is 1. The van der Waals surface area contributed by atoms with E-state index in [0.717, 1.165) is 39.3 Å². The van der Waals surface area contributed by atoms with E-state index in [1.54, 1.807) is 0 Å². The Kier molecular flexibility index (Phi) is 7.94. The number of allylic oxidation sites excluding steroid dienone is 2. The Balaban J connectivity index is 0.00000141. The number of carbonyl (C=O) groups excluding carboxylic acids is 1. The predicted octanol–water partition coefficient (Wildman–Crippen LogP) is 4.84. The number of rotatable bonds is 6. The van der Waals surface area contributed by atoms with Crippen molar-refractivity contribution in [2.75, 3.05) is 26.2 Å². The van der Waals surface area contributed by atoms with Gasteiger partial charge in [-0.1, -0.05) is 69.7 Å². The molecule has 2 aliphatic rings. The molecule has 1 saturated carbocycles. The highest BCUT2D eigenvalue weighted by atomic mass is 16.2. The van der Waals surface area contributed by atoms with E-state index in [0.29, 0.717) is 11.8 Å². The zero-order valence-electron chi connectivity index (χ0n) is 20.7. The van der Waals surface area contributed by atoms with E-state index in [-0.39, 0.29) is 11.3 Å². The normalized spacial score (nSPS) is 22.0. The molecule has 1 aromatic heterocycles. The highest BCUT2D eigenvalue weighted by molar-refractivity contribution is 5.84. The number of aromatic nitrogens is 2. The van der Waals surface area contributed by atoms with Crippen molar-refractivity contribution in [3.63, 3.8) is 0 Å². The van der Waals surface area contributed by atoms with Crippen molar-refractivity contribution in [3.8, 4) is 0 Å². The maximum atomic E-state index is 13.1. The van der Waals surface area contributed by atoms with E-state index in [4.69, 9.17) is 0 Å². The lowest BCUT2D eigenvalue weighted by Gasteiger charge is -2.35. The molecule has 4 rings (SSSR count). The largest absolute Gasteiger partial charge is 0.340 e. The van der Waals surface area contributed by atoms with Crippen molar-refractivity contribution in [1.29, 1.82) is 0 Å². The number of piperazine rings is 1. The van der Waals surface area contributed by atoms with Gasteiger partial charge in [0.05, 0.1) is 17.9 Å². The summed E-state index contributed by atoms with van der Waals surface area (Å²) in [5.41, 5.74) is 3.91. The summed E-state index contributed by atoms with van der Waals surface area (Å²) in [5, 5.41) is 0. The standard InChI is InChI=1S/C25H34N4O.C2H6/c1-19(2)14-22-23(25(22,3)4)24(30)28-12-10-27(11-13-28)17-21-15-26-18-29(21)16-20-8-6-5-7-9-20;1-2/h5-9,14-15,18,22-23H,10-13,16-17H2,1-4H3;1-2H3. The van der Waals surface area contributed by atoms with Gasteiger partial charge >= 0.3 is 0 Å². The Hall–Kier alpha value is -2.40. The van der Waals surface area contributed by atoms with Crippen molar-refractivity contribution < 1.29 is 4.79 Å². The number of imidazole rings is 1. The number of hydrogen-bond donors (Lipinski definition) is 0. The zero-order chi connectivity index (χ0) is 23.3. The summed E-state index contributed by atoms with van der Waals surface area (Å²) >= 11 is 0. The maximum Gasteiger partial charge on any atom is 0.226 e. The summed E-state index contributed by atoms with van der Waals surface area (Å²) in [6.07, 6.45) is 6.17. The fourth-order valence-electron chi connectivity index (χ4n) is 4.77. The Labute approximate surface area is 194 Å². The van der Waals surface area contributed by atoms with Gasteiger partial charge in [0.1, 0.15) is 0 Å². The summed E-state index contributed by atoms with van der Waals surface area (Å²) in [6, 6.07) is 10.5. The fourth-order valence-corrected chi connectivity index (χ4v) is 4.77. The topological polar surface area (TPSA) is 41.4 Å². The van der Waals surface area contributed by atoms with Gasteiger partial charge < -0.3 is 9.47 Å². The predicted molar refractivity (Wildman–Crippen MR) is 131 cm³/mol. The van der Waals surface area contributed by atoms with Gasteiger partial charge in [-0.2, -0.15) is 0 Å². The van der Waals surface area contributed by atoms with Crippen LogP contribution in [0.15, 0.2) is 54.5 Å². The minimum absolute atomic E-state index is 0.0927. The van der Waals surface area contributed by atoms with Crippen molar-refractivity contribution in [2.45, 2.75) is 54.6 Å². The average molecular weight is 437 g/mol. The summed E-state index contributed by atoms with van der Waals surface area (Å²) in [7, 11) is 0. The molecule has 1 aliphatic carbocycles. The number of hydrogen-bond acceptors (Lipinski definition) is 3. The first-order chi connectivity index (χ1) is 15.4. The lowest BCUT2D eigenvalue weighted by Crippen LogP contribution is -2.49. The first-order valence-electron chi connectivity index (χ1n) is 12.1. The molecule has 32 heavy (non-hydrogen) atoms. The van der Waals surface area contributed by atoms with Gasteiger partial charge in [-0.3, -0.25) is 9.69 Å². The molecule has 2 unspecified atom stereocenters. The molecule has 5 heteroatoms. The molecule has 2 fully saturated rings. The third-order valence-corrected chi connectivity index (χ3v) is 6.75. The van der Waals surface area contributed by atoms with Gasteiger partial charge in [0.2, 0.25) is 5.91 Å². The molecule has 2 aromatic rings. The molecule has 0 N–H and O–H groups in total. The fraction of sp³-hybridized carbons (Fsp3) is 0.556. The molecular formula is C27H40N4O. The number of amides is 1. The molecule has 2 heterocycles. The minimum Gasteiger partial charge on any atom is -0.340 e. The van der Waals surface area contributed by atoms with E-state index in [1.807, 2.05) is 32.4 Å². The number of benzene rings is 1. The lowest BCUT2D eigenvalue weighted by molar-refractivity contribution is -0.135. The Morgan fingerprint density at radius 2 is 1.72 bits per heavy atom. The molecule has 5 nitrogen and oxygen atoms in total. The second kappa shape index (κ2) is 10.5. The van der Waals surface area contributed by atoms with E-state index >= 15 is 0 Å². The lowest BCUT2D eigenvalue weighted by atomic mass is 10.1. The first-order valence-corrected chi connectivity index (χ1v) is 12.1. The van der Waals surface area contributed by atoms with Crippen molar-refractivity contribution in [3.05, 3.63) is 65.8 Å². The average Bonchev–Trinajstić information content (AvgIpc) is 3.08. The SMILES string of the molecule is CC.CC(C)=CC1C(C(=O)N2CCN(Cc3cncn3Cc3ccccc3)CC2)C1(C)C. The van der Waals surface area contributed by atoms with Crippen LogP contribution in [0.5, 0.6) is 0 Å². The van der Waals surface area contributed by atoms with Crippen LogP contribution in [0.2, 0.25) is 0 Å². The molecule has 1 amide bonds. The van der Waals surface area contributed by atoms with Crippen LogP contribution in [-0.4, -0.2) is 51.4 Å². The zero-order valence-corrected chi connectivity index (χ0v) is 20.7. The van der Waals surface area contributed by atoms with Crippen LogP contribution >= 0.6 is 0 Å². The summed E-state index contributed by atoms with van der Waals surface area (Å²) in [6.45, 7) is 17.9. The highest BCUT2D eigenvalue weighted by Crippen LogP contribution is 2.60.